The van der Waals surface area contributed by atoms with Crippen molar-refractivity contribution in [2.45, 2.75) is 39.1 Å². The molecule has 0 radical (unpaired) electrons. The average Bonchev–Trinajstić information content (AvgIpc) is 2.66. The van der Waals surface area contributed by atoms with Crippen LogP contribution in [0, 0.1) is 27.7 Å². The van der Waals surface area contributed by atoms with Crippen molar-refractivity contribution >= 4 is 21.6 Å². The van der Waals surface area contributed by atoms with E-state index in [1.807, 2.05) is 51.1 Å². The van der Waals surface area contributed by atoms with Gasteiger partial charge in [-0.25, -0.2) is 8.42 Å². The fraction of sp³-hybridized carbons (Fsp3) is 0.208. The highest BCUT2D eigenvalue weighted by Gasteiger charge is 2.19. The van der Waals surface area contributed by atoms with Crippen LogP contribution in [0.3, 0.4) is 0 Å². The van der Waals surface area contributed by atoms with Gasteiger partial charge in [-0.3, -0.25) is 9.52 Å². The van der Waals surface area contributed by atoms with E-state index in [1.54, 1.807) is 31.2 Å². The van der Waals surface area contributed by atoms with E-state index in [9.17, 15) is 13.2 Å². The van der Waals surface area contributed by atoms with Crippen molar-refractivity contribution in [3.63, 3.8) is 0 Å². The normalized spacial score (nSPS) is 11.2. The van der Waals surface area contributed by atoms with Crippen LogP contribution in [0.4, 0.5) is 5.69 Å². The second kappa shape index (κ2) is 8.71. The molecule has 30 heavy (non-hydrogen) atoms. The highest BCUT2D eigenvalue weighted by Crippen LogP contribution is 2.22. The lowest BCUT2D eigenvalue weighted by molar-refractivity contribution is 0.0950. The molecule has 1 amide bonds. The number of carbonyl (C=O) groups is 1. The van der Waals surface area contributed by atoms with Crippen molar-refractivity contribution in [1.29, 1.82) is 0 Å². The predicted octanol–water partition coefficient (Wildman–Crippen LogP) is 4.65. The number of anilines is 1. The summed E-state index contributed by atoms with van der Waals surface area (Å²) in [6.45, 7) is 7.91. The monoisotopic (exact) mass is 422 g/mol. The van der Waals surface area contributed by atoms with Crippen LogP contribution < -0.4 is 10.0 Å². The number of rotatable bonds is 6. The van der Waals surface area contributed by atoms with Gasteiger partial charge in [0.1, 0.15) is 0 Å². The second-order valence-electron chi connectivity index (χ2n) is 7.63. The van der Waals surface area contributed by atoms with Gasteiger partial charge in [-0.15, -0.1) is 0 Å². The molecule has 3 aromatic rings. The minimum Gasteiger partial charge on any atom is -0.348 e. The molecule has 0 fully saturated rings. The molecule has 3 rings (SSSR count). The zero-order valence-corrected chi connectivity index (χ0v) is 18.4. The highest BCUT2D eigenvalue weighted by molar-refractivity contribution is 7.92. The van der Waals surface area contributed by atoms with E-state index in [0.29, 0.717) is 23.4 Å². The summed E-state index contributed by atoms with van der Waals surface area (Å²) in [5, 5.41) is 2.84. The fourth-order valence-electron chi connectivity index (χ4n) is 3.26. The van der Waals surface area contributed by atoms with Crippen LogP contribution in [0.2, 0.25) is 0 Å². The number of nitrogens with one attached hydrogen (secondary N) is 2. The minimum atomic E-state index is -3.84. The molecule has 6 heteroatoms. The molecule has 156 valence electrons. The first-order chi connectivity index (χ1) is 14.1. The first-order valence-electron chi connectivity index (χ1n) is 9.69. The van der Waals surface area contributed by atoms with Gasteiger partial charge >= 0.3 is 0 Å². The highest BCUT2D eigenvalue weighted by atomic mass is 32.2. The van der Waals surface area contributed by atoms with Gasteiger partial charge in [0.15, 0.2) is 0 Å². The maximum Gasteiger partial charge on any atom is 0.262 e. The first kappa shape index (κ1) is 21.6. The predicted molar refractivity (Wildman–Crippen MR) is 120 cm³/mol. The summed E-state index contributed by atoms with van der Waals surface area (Å²) in [5.74, 6) is -0.321. The van der Waals surface area contributed by atoms with Gasteiger partial charge in [0, 0.05) is 17.8 Å². The number of benzene rings is 3. The molecule has 0 aromatic heterocycles. The van der Waals surface area contributed by atoms with E-state index >= 15 is 0 Å². The molecule has 2 N–H and O–H groups in total. The largest absolute Gasteiger partial charge is 0.348 e. The lowest BCUT2D eigenvalue weighted by Gasteiger charge is -2.13. The Balaban J connectivity index is 1.81. The molecule has 0 spiro atoms. The van der Waals surface area contributed by atoms with Gasteiger partial charge in [-0.05, 0) is 74.2 Å². The van der Waals surface area contributed by atoms with Crippen LogP contribution in [0.1, 0.15) is 38.2 Å². The Morgan fingerprint density at radius 2 is 1.43 bits per heavy atom. The summed E-state index contributed by atoms with van der Waals surface area (Å²) in [5.41, 5.74) is 5.43. The lowest BCUT2D eigenvalue weighted by Crippen LogP contribution is -2.23. The van der Waals surface area contributed by atoms with E-state index in [-0.39, 0.29) is 10.8 Å². The van der Waals surface area contributed by atoms with Crippen molar-refractivity contribution in [3.05, 3.63) is 94.0 Å². The Morgan fingerprint density at radius 1 is 0.800 bits per heavy atom. The fourth-order valence-corrected chi connectivity index (χ4v) is 4.58. The molecule has 3 aromatic carbocycles. The summed E-state index contributed by atoms with van der Waals surface area (Å²) in [4.78, 5) is 12.7. The number of aryl methyl sites for hydroxylation is 4. The quantitative estimate of drug-likeness (QED) is 0.607. The van der Waals surface area contributed by atoms with Crippen molar-refractivity contribution in [2.75, 3.05) is 4.72 Å². The molecule has 0 saturated heterocycles. The summed E-state index contributed by atoms with van der Waals surface area (Å²) in [7, 11) is -3.84. The maximum atomic E-state index is 13.0. The van der Waals surface area contributed by atoms with E-state index in [4.69, 9.17) is 0 Å². The Kier molecular flexibility index (Phi) is 6.27. The summed E-state index contributed by atoms with van der Waals surface area (Å²) < 4.78 is 28.6. The smallest absolute Gasteiger partial charge is 0.262 e. The molecule has 0 bridgehead atoms. The molecular formula is C24H26N2O3S. The van der Waals surface area contributed by atoms with Crippen molar-refractivity contribution in [2.24, 2.45) is 0 Å². The van der Waals surface area contributed by atoms with Crippen LogP contribution >= 0.6 is 0 Å². The van der Waals surface area contributed by atoms with E-state index in [1.165, 1.54) is 6.07 Å². The zero-order chi connectivity index (χ0) is 21.9. The molecular weight excluding hydrogens is 396 g/mol. The van der Waals surface area contributed by atoms with E-state index in [0.717, 1.165) is 22.3 Å². The molecule has 0 aliphatic heterocycles. The SMILES string of the molecule is Cc1ccc(CNC(=O)c2ccc(C)c(S(=O)(=O)Nc3cc(C)cc(C)c3)c2)cc1. The lowest BCUT2D eigenvalue weighted by atomic mass is 10.1. The summed E-state index contributed by atoms with van der Waals surface area (Å²) in [6.07, 6.45) is 0. The second-order valence-corrected chi connectivity index (χ2v) is 9.28. The van der Waals surface area contributed by atoms with Gasteiger partial charge in [0.2, 0.25) is 0 Å². The number of amides is 1. The van der Waals surface area contributed by atoms with Crippen LogP contribution in [-0.4, -0.2) is 14.3 Å². The Labute approximate surface area is 178 Å². The molecule has 0 aliphatic rings. The number of sulfonamides is 1. The third-order valence-electron chi connectivity index (χ3n) is 4.79. The van der Waals surface area contributed by atoms with Crippen molar-refractivity contribution < 1.29 is 13.2 Å². The van der Waals surface area contributed by atoms with Gasteiger partial charge < -0.3 is 5.32 Å². The molecule has 5 nitrogen and oxygen atoms in total. The van der Waals surface area contributed by atoms with Crippen LogP contribution in [0.25, 0.3) is 0 Å². The number of hydrogen-bond donors (Lipinski definition) is 2. The molecule has 0 unspecified atom stereocenters. The Hall–Kier alpha value is -3.12. The third-order valence-corrected chi connectivity index (χ3v) is 6.31. The van der Waals surface area contributed by atoms with Crippen LogP contribution in [0.15, 0.2) is 65.6 Å². The average molecular weight is 423 g/mol. The number of carbonyl (C=O) groups excluding carboxylic acids is 1. The summed E-state index contributed by atoms with van der Waals surface area (Å²) >= 11 is 0. The molecule has 0 saturated carbocycles. The van der Waals surface area contributed by atoms with Gasteiger partial charge in [-0.1, -0.05) is 42.0 Å². The topological polar surface area (TPSA) is 75.3 Å². The Morgan fingerprint density at radius 3 is 2.07 bits per heavy atom. The Bertz CT molecular complexity index is 1160. The molecule has 0 aliphatic carbocycles. The van der Waals surface area contributed by atoms with E-state index in [2.05, 4.69) is 10.0 Å². The molecule has 0 atom stereocenters. The first-order valence-corrected chi connectivity index (χ1v) is 11.2. The van der Waals surface area contributed by atoms with Crippen LogP contribution in [-0.2, 0) is 16.6 Å². The van der Waals surface area contributed by atoms with Gasteiger partial charge in [0.25, 0.3) is 15.9 Å². The van der Waals surface area contributed by atoms with Gasteiger partial charge in [-0.2, -0.15) is 0 Å². The minimum absolute atomic E-state index is 0.0876. The standard InChI is InChI=1S/C24H26N2O3S/c1-16-5-8-20(9-6-16)15-25-24(27)21-10-7-19(4)23(14-21)30(28,29)26-22-12-17(2)11-18(3)13-22/h5-14,26H,15H2,1-4H3,(H,25,27). The maximum absolute atomic E-state index is 13.0. The van der Waals surface area contributed by atoms with Crippen molar-refractivity contribution in [3.8, 4) is 0 Å². The molecule has 0 heterocycles. The van der Waals surface area contributed by atoms with Crippen LogP contribution in [0.5, 0.6) is 0 Å². The third kappa shape index (κ3) is 5.27. The van der Waals surface area contributed by atoms with Crippen molar-refractivity contribution in [1.82, 2.24) is 5.32 Å². The zero-order valence-electron chi connectivity index (χ0n) is 17.6. The van der Waals surface area contributed by atoms with E-state index < -0.39 is 10.0 Å². The number of hydrogen-bond acceptors (Lipinski definition) is 3. The van der Waals surface area contributed by atoms with Gasteiger partial charge in [0.05, 0.1) is 4.90 Å². The summed E-state index contributed by atoms with van der Waals surface area (Å²) in [6, 6.07) is 18.1.